The van der Waals surface area contributed by atoms with Crippen molar-refractivity contribution in [3.05, 3.63) is 29.3 Å². The maximum atomic E-state index is 6.13. The molecular weight excluding hydrogens is 232 g/mol. The highest BCUT2D eigenvalue weighted by Gasteiger charge is 2.15. The van der Waals surface area contributed by atoms with Gasteiger partial charge in [0.1, 0.15) is 5.75 Å². The van der Waals surface area contributed by atoms with Gasteiger partial charge in [0, 0.05) is 5.56 Å². The van der Waals surface area contributed by atoms with Crippen molar-refractivity contribution in [1.82, 2.24) is 0 Å². The van der Waals surface area contributed by atoms with Crippen LogP contribution in [0.5, 0.6) is 5.75 Å². The molecule has 17 heavy (non-hydrogen) atoms. The van der Waals surface area contributed by atoms with Gasteiger partial charge < -0.3 is 4.74 Å². The zero-order chi connectivity index (χ0) is 12.1. The van der Waals surface area contributed by atoms with E-state index >= 15 is 0 Å². The fourth-order valence-corrected chi connectivity index (χ4v) is 2.68. The molecule has 0 bridgehead atoms. The number of halogens is 1. The van der Waals surface area contributed by atoms with Crippen LogP contribution in [0.3, 0.4) is 0 Å². The summed E-state index contributed by atoms with van der Waals surface area (Å²) in [7, 11) is 0. The van der Waals surface area contributed by atoms with Crippen molar-refractivity contribution in [2.75, 3.05) is 0 Å². The van der Waals surface area contributed by atoms with Crippen molar-refractivity contribution in [1.29, 1.82) is 0 Å². The average Bonchev–Trinajstić information content (AvgIpc) is 2.60. The van der Waals surface area contributed by atoms with E-state index in [1.807, 2.05) is 0 Å². The van der Waals surface area contributed by atoms with E-state index in [4.69, 9.17) is 16.3 Å². The number of rotatable bonds is 3. The van der Waals surface area contributed by atoms with Gasteiger partial charge in [-0.2, -0.15) is 0 Å². The molecule has 0 saturated heterocycles. The normalized spacial score (nSPS) is 17.8. The van der Waals surface area contributed by atoms with Gasteiger partial charge in [-0.05, 0) is 38.7 Å². The molecule has 1 aromatic rings. The number of aryl methyl sites for hydroxylation is 1. The van der Waals surface area contributed by atoms with Crippen molar-refractivity contribution in [2.45, 2.75) is 57.4 Å². The van der Waals surface area contributed by atoms with Crippen molar-refractivity contribution < 1.29 is 4.74 Å². The molecule has 0 aromatic heterocycles. The van der Waals surface area contributed by atoms with Gasteiger partial charge in [0.25, 0.3) is 0 Å². The summed E-state index contributed by atoms with van der Waals surface area (Å²) in [5.41, 5.74) is 2.37. The maximum Gasteiger partial charge on any atom is 0.124 e. The number of hydrogen-bond acceptors (Lipinski definition) is 1. The Bertz CT molecular complexity index is 354. The molecule has 0 N–H and O–H groups in total. The summed E-state index contributed by atoms with van der Waals surface area (Å²) in [5, 5.41) is 0. The fraction of sp³-hybridized carbons (Fsp3) is 0.600. The number of alkyl halides is 1. The molecule has 94 valence electrons. The highest BCUT2D eigenvalue weighted by molar-refractivity contribution is 6.17. The lowest BCUT2D eigenvalue weighted by Gasteiger charge is -2.19. The zero-order valence-corrected chi connectivity index (χ0v) is 11.3. The molecule has 1 saturated carbocycles. The Morgan fingerprint density at radius 1 is 1.18 bits per heavy atom. The molecular formula is C15H21ClO. The average molecular weight is 253 g/mol. The Morgan fingerprint density at radius 3 is 2.53 bits per heavy atom. The lowest BCUT2D eigenvalue weighted by Crippen LogP contribution is -2.15. The lowest BCUT2D eigenvalue weighted by atomic mass is 10.1. The molecule has 0 radical (unpaired) electrons. The van der Waals surface area contributed by atoms with Gasteiger partial charge in [-0.25, -0.2) is 0 Å². The first-order chi connectivity index (χ1) is 8.29. The topological polar surface area (TPSA) is 9.23 Å². The van der Waals surface area contributed by atoms with Crippen LogP contribution in [0.4, 0.5) is 0 Å². The van der Waals surface area contributed by atoms with Crippen LogP contribution in [0, 0.1) is 6.92 Å². The van der Waals surface area contributed by atoms with Crippen LogP contribution in [0.25, 0.3) is 0 Å². The van der Waals surface area contributed by atoms with Crippen LogP contribution in [0.15, 0.2) is 18.2 Å². The van der Waals surface area contributed by atoms with Crippen molar-refractivity contribution in [3.8, 4) is 5.75 Å². The number of ether oxygens (including phenoxy) is 1. The van der Waals surface area contributed by atoms with Gasteiger partial charge in [-0.15, -0.1) is 11.6 Å². The Labute approximate surface area is 109 Å². The van der Waals surface area contributed by atoms with Crippen LogP contribution >= 0.6 is 11.6 Å². The smallest absolute Gasteiger partial charge is 0.124 e. The number of benzene rings is 1. The first kappa shape index (κ1) is 12.8. The van der Waals surface area contributed by atoms with Gasteiger partial charge in [0.15, 0.2) is 0 Å². The molecule has 0 spiro atoms. The highest BCUT2D eigenvalue weighted by atomic mass is 35.5. The summed E-state index contributed by atoms with van der Waals surface area (Å²) in [6, 6.07) is 6.29. The minimum atomic E-state index is 0.391. The van der Waals surface area contributed by atoms with Gasteiger partial charge >= 0.3 is 0 Å². The van der Waals surface area contributed by atoms with E-state index in [2.05, 4.69) is 25.1 Å². The van der Waals surface area contributed by atoms with Crippen LogP contribution in [-0.4, -0.2) is 6.10 Å². The number of hydrogen-bond donors (Lipinski definition) is 0. The third kappa shape index (κ3) is 3.64. The second kappa shape index (κ2) is 6.30. The summed E-state index contributed by atoms with van der Waals surface area (Å²) < 4.78 is 6.13. The Morgan fingerprint density at radius 2 is 1.88 bits per heavy atom. The monoisotopic (exact) mass is 252 g/mol. The predicted octanol–water partition coefficient (Wildman–Crippen LogP) is 4.84. The van der Waals surface area contributed by atoms with Gasteiger partial charge in [-0.1, -0.05) is 30.5 Å². The van der Waals surface area contributed by atoms with Crippen LogP contribution in [0.1, 0.15) is 49.7 Å². The summed E-state index contributed by atoms with van der Waals surface area (Å²) in [4.78, 5) is 0. The summed E-state index contributed by atoms with van der Waals surface area (Å²) in [5.74, 6) is 1.52. The molecule has 2 rings (SSSR count). The highest BCUT2D eigenvalue weighted by Crippen LogP contribution is 2.27. The molecule has 1 aromatic carbocycles. The summed E-state index contributed by atoms with van der Waals surface area (Å²) in [6.45, 7) is 2.09. The second-order valence-electron chi connectivity index (χ2n) is 4.98. The third-order valence-corrected chi connectivity index (χ3v) is 3.74. The Hall–Kier alpha value is -0.690. The summed E-state index contributed by atoms with van der Waals surface area (Å²) >= 11 is 5.97. The lowest BCUT2D eigenvalue weighted by molar-refractivity contribution is 0.182. The fourth-order valence-electron chi connectivity index (χ4n) is 2.47. The second-order valence-corrected chi connectivity index (χ2v) is 5.24. The van der Waals surface area contributed by atoms with E-state index in [0.717, 1.165) is 11.3 Å². The molecule has 0 amide bonds. The Kier molecular flexibility index (Phi) is 4.73. The van der Waals surface area contributed by atoms with Crippen LogP contribution in [0.2, 0.25) is 0 Å². The summed E-state index contributed by atoms with van der Waals surface area (Å²) in [6.07, 6.45) is 8.08. The van der Waals surface area contributed by atoms with E-state index < -0.39 is 0 Å². The molecule has 0 heterocycles. The molecule has 0 aliphatic heterocycles. The van der Waals surface area contributed by atoms with E-state index in [1.165, 1.54) is 44.1 Å². The Balaban J connectivity index is 2.06. The molecule has 1 fully saturated rings. The van der Waals surface area contributed by atoms with Gasteiger partial charge in [0.2, 0.25) is 0 Å². The van der Waals surface area contributed by atoms with Gasteiger partial charge in [0.05, 0.1) is 12.0 Å². The predicted molar refractivity (Wildman–Crippen MR) is 72.9 cm³/mol. The van der Waals surface area contributed by atoms with Crippen molar-refractivity contribution >= 4 is 11.6 Å². The van der Waals surface area contributed by atoms with Crippen LogP contribution in [-0.2, 0) is 5.88 Å². The zero-order valence-electron chi connectivity index (χ0n) is 10.5. The van der Waals surface area contributed by atoms with Crippen molar-refractivity contribution in [2.24, 2.45) is 0 Å². The SMILES string of the molecule is Cc1ccc(OC2CCCCCC2)c(CCl)c1. The van der Waals surface area contributed by atoms with E-state index in [9.17, 15) is 0 Å². The first-order valence-corrected chi connectivity index (χ1v) is 7.15. The van der Waals surface area contributed by atoms with Crippen LogP contribution < -0.4 is 4.74 Å². The van der Waals surface area contributed by atoms with Crippen molar-refractivity contribution in [3.63, 3.8) is 0 Å². The molecule has 0 unspecified atom stereocenters. The largest absolute Gasteiger partial charge is 0.490 e. The minimum absolute atomic E-state index is 0.391. The first-order valence-electron chi connectivity index (χ1n) is 6.62. The molecule has 2 heteroatoms. The molecule has 1 nitrogen and oxygen atoms in total. The van der Waals surface area contributed by atoms with E-state index in [0.29, 0.717) is 12.0 Å². The third-order valence-electron chi connectivity index (χ3n) is 3.46. The standard InChI is InChI=1S/C15H21ClO/c1-12-8-9-15(13(10-12)11-16)17-14-6-4-2-3-5-7-14/h8-10,14H,2-7,11H2,1H3. The molecule has 0 atom stereocenters. The minimum Gasteiger partial charge on any atom is -0.490 e. The maximum absolute atomic E-state index is 6.13. The van der Waals surface area contributed by atoms with E-state index in [1.54, 1.807) is 0 Å². The molecule has 1 aliphatic rings. The molecule has 1 aliphatic carbocycles. The quantitative estimate of drug-likeness (QED) is 0.553. The van der Waals surface area contributed by atoms with E-state index in [-0.39, 0.29) is 0 Å². The van der Waals surface area contributed by atoms with Gasteiger partial charge in [-0.3, -0.25) is 0 Å².